The molecular formula is C32H34ClN5O5. The number of amides is 1. The highest BCUT2D eigenvalue weighted by atomic mass is 35.5. The van der Waals surface area contributed by atoms with E-state index in [4.69, 9.17) is 35.5 Å². The van der Waals surface area contributed by atoms with Gasteiger partial charge < -0.3 is 34.5 Å². The molecule has 0 aliphatic carbocycles. The third-order valence-electron chi connectivity index (χ3n) is 7.12. The summed E-state index contributed by atoms with van der Waals surface area (Å²) in [5.74, 6) is 4.01. The smallest absolute Gasteiger partial charge is 0.229 e. The van der Waals surface area contributed by atoms with Crippen LogP contribution in [0.15, 0.2) is 72.9 Å². The second-order valence-electron chi connectivity index (χ2n) is 9.98. The van der Waals surface area contributed by atoms with Gasteiger partial charge in [-0.1, -0.05) is 23.7 Å². The lowest BCUT2D eigenvalue weighted by atomic mass is 9.97. The predicted octanol–water partition coefficient (Wildman–Crippen LogP) is 6.22. The summed E-state index contributed by atoms with van der Waals surface area (Å²) < 4.78 is 22.2. The highest BCUT2D eigenvalue weighted by Gasteiger charge is 2.26. The Morgan fingerprint density at radius 1 is 0.953 bits per heavy atom. The Morgan fingerprint density at radius 2 is 1.63 bits per heavy atom. The van der Waals surface area contributed by atoms with Crippen molar-refractivity contribution in [3.63, 3.8) is 0 Å². The number of methoxy groups -OCH3 is 3. The molecule has 3 aromatic carbocycles. The van der Waals surface area contributed by atoms with E-state index in [1.54, 1.807) is 51.8 Å². The van der Waals surface area contributed by atoms with Crippen molar-refractivity contribution in [2.75, 3.05) is 44.6 Å². The molecule has 11 heteroatoms. The van der Waals surface area contributed by atoms with E-state index in [1.165, 1.54) is 0 Å². The van der Waals surface area contributed by atoms with Gasteiger partial charge in [0.05, 0.1) is 27.2 Å². The molecule has 5 rings (SSSR count). The minimum Gasteiger partial charge on any atom is -0.493 e. The zero-order chi connectivity index (χ0) is 30.2. The highest BCUT2D eigenvalue weighted by molar-refractivity contribution is 6.30. The van der Waals surface area contributed by atoms with Crippen LogP contribution in [0.5, 0.6) is 28.7 Å². The molecule has 1 unspecified atom stereocenters. The second-order valence-corrected chi connectivity index (χ2v) is 10.4. The van der Waals surface area contributed by atoms with Gasteiger partial charge in [-0.05, 0) is 60.9 Å². The lowest BCUT2D eigenvalue weighted by molar-refractivity contribution is -0.125. The lowest BCUT2D eigenvalue weighted by Gasteiger charge is -2.33. The Bertz CT molecular complexity index is 1510. The molecule has 2 heterocycles. The van der Waals surface area contributed by atoms with E-state index < -0.39 is 0 Å². The van der Waals surface area contributed by atoms with Crippen LogP contribution in [0.2, 0.25) is 5.02 Å². The van der Waals surface area contributed by atoms with Gasteiger partial charge in [0.25, 0.3) is 0 Å². The molecule has 43 heavy (non-hydrogen) atoms. The summed E-state index contributed by atoms with van der Waals surface area (Å²) in [4.78, 5) is 24.3. The van der Waals surface area contributed by atoms with Crippen molar-refractivity contribution in [3.8, 4) is 28.7 Å². The zero-order valence-electron chi connectivity index (χ0n) is 24.3. The molecule has 2 N–H and O–H groups in total. The number of nitrogens with one attached hydrogen (secondary N) is 2. The summed E-state index contributed by atoms with van der Waals surface area (Å²) >= 11 is 5.94. The molecule has 1 fully saturated rings. The Balaban J connectivity index is 1.17. The Morgan fingerprint density at radius 3 is 2.28 bits per heavy atom. The summed E-state index contributed by atoms with van der Waals surface area (Å²) in [5, 5.41) is 6.97. The largest absolute Gasteiger partial charge is 0.493 e. The first-order valence-corrected chi connectivity index (χ1v) is 14.3. The highest BCUT2D eigenvalue weighted by Crippen LogP contribution is 2.40. The number of ether oxygens (including phenoxy) is 4. The van der Waals surface area contributed by atoms with Gasteiger partial charge in [0.15, 0.2) is 11.5 Å². The van der Waals surface area contributed by atoms with Gasteiger partial charge >= 0.3 is 0 Å². The van der Waals surface area contributed by atoms with E-state index >= 15 is 0 Å². The quantitative estimate of drug-likeness (QED) is 0.206. The summed E-state index contributed by atoms with van der Waals surface area (Å²) in [5.41, 5.74) is 1.68. The van der Waals surface area contributed by atoms with E-state index in [1.807, 2.05) is 42.5 Å². The summed E-state index contributed by atoms with van der Waals surface area (Å²) in [6.07, 6.45) is 3.40. The zero-order valence-corrected chi connectivity index (χ0v) is 25.1. The standard InChI is InChI=1S/C32H34ClN5O5/c1-40-27-17-24(18-28(41-2)30(27)42-3)36-32-34-15-14-29(37-32)38-16-4-5-22(20-38)31(39)35-19-21-6-10-25(11-7-21)43-26-12-8-23(33)9-13-26/h6-15,17-18,22H,4-5,16,19-20H2,1-3H3,(H,35,39)(H,34,36,37). The Labute approximate surface area is 255 Å². The van der Waals surface area contributed by atoms with Crippen molar-refractivity contribution in [1.29, 1.82) is 0 Å². The minimum absolute atomic E-state index is 0.0241. The molecule has 10 nitrogen and oxygen atoms in total. The van der Waals surface area contributed by atoms with Gasteiger partial charge in [0, 0.05) is 48.7 Å². The first kappa shape index (κ1) is 29.8. The maximum atomic E-state index is 13.1. The Kier molecular flexibility index (Phi) is 9.68. The summed E-state index contributed by atoms with van der Waals surface area (Å²) in [7, 11) is 4.69. The van der Waals surface area contributed by atoms with Crippen molar-refractivity contribution in [3.05, 3.63) is 83.5 Å². The number of hydrogen-bond acceptors (Lipinski definition) is 9. The van der Waals surface area contributed by atoms with Crippen LogP contribution in [0.3, 0.4) is 0 Å². The number of benzene rings is 3. The van der Waals surface area contributed by atoms with E-state index in [2.05, 4.69) is 20.5 Å². The van der Waals surface area contributed by atoms with Crippen molar-refractivity contribution < 1.29 is 23.7 Å². The maximum absolute atomic E-state index is 13.1. The molecule has 224 valence electrons. The average molecular weight is 604 g/mol. The molecule has 1 saturated heterocycles. The fourth-order valence-electron chi connectivity index (χ4n) is 4.91. The molecule has 0 radical (unpaired) electrons. The second kappa shape index (κ2) is 14.0. The van der Waals surface area contributed by atoms with Gasteiger partial charge in [-0.2, -0.15) is 4.98 Å². The van der Waals surface area contributed by atoms with Crippen LogP contribution in [0.1, 0.15) is 18.4 Å². The molecule has 1 amide bonds. The molecule has 1 aliphatic heterocycles. The molecule has 0 saturated carbocycles. The number of halogens is 1. The summed E-state index contributed by atoms with van der Waals surface area (Å²) in [6.45, 7) is 1.81. The fourth-order valence-corrected chi connectivity index (χ4v) is 5.04. The van der Waals surface area contributed by atoms with Crippen molar-refractivity contribution in [2.24, 2.45) is 5.92 Å². The number of anilines is 3. The van der Waals surface area contributed by atoms with E-state index in [0.717, 1.165) is 30.8 Å². The molecule has 4 aromatic rings. The number of nitrogens with zero attached hydrogens (tertiary/aromatic N) is 3. The minimum atomic E-state index is -0.150. The fraction of sp³-hybridized carbons (Fsp3) is 0.281. The predicted molar refractivity (Wildman–Crippen MR) is 166 cm³/mol. The Hall–Kier alpha value is -4.70. The van der Waals surface area contributed by atoms with Crippen LogP contribution in [-0.2, 0) is 11.3 Å². The first-order chi connectivity index (χ1) is 20.9. The van der Waals surface area contributed by atoms with Gasteiger partial charge in [0.2, 0.25) is 17.6 Å². The molecular weight excluding hydrogens is 570 g/mol. The number of hydrogen-bond donors (Lipinski definition) is 2. The number of carbonyl (C=O) groups excluding carboxylic acids is 1. The number of carbonyl (C=O) groups is 1. The molecule has 1 aliphatic rings. The summed E-state index contributed by atoms with van der Waals surface area (Å²) in [6, 6.07) is 20.3. The van der Waals surface area contributed by atoms with Crippen LogP contribution < -0.4 is 34.5 Å². The normalized spacial score (nSPS) is 14.5. The van der Waals surface area contributed by atoms with E-state index in [0.29, 0.717) is 58.5 Å². The molecule has 0 spiro atoms. The van der Waals surface area contributed by atoms with Gasteiger partial charge in [-0.25, -0.2) is 4.98 Å². The van der Waals surface area contributed by atoms with Crippen LogP contribution in [0.4, 0.5) is 17.5 Å². The first-order valence-electron chi connectivity index (χ1n) is 13.9. The van der Waals surface area contributed by atoms with Crippen molar-refractivity contribution in [2.45, 2.75) is 19.4 Å². The van der Waals surface area contributed by atoms with Gasteiger partial charge in [-0.15, -0.1) is 0 Å². The molecule has 1 aromatic heterocycles. The van der Waals surface area contributed by atoms with Crippen LogP contribution >= 0.6 is 11.6 Å². The van der Waals surface area contributed by atoms with Crippen molar-refractivity contribution >= 4 is 35.0 Å². The average Bonchev–Trinajstić information content (AvgIpc) is 3.05. The van der Waals surface area contributed by atoms with Gasteiger partial charge in [0.1, 0.15) is 17.3 Å². The monoisotopic (exact) mass is 603 g/mol. The number of aromatic nitrogens is 2. The topological polar surface area (TPSA) is 107 Å². The third kappa shape index (κ3) is 7.58. The van der Waals surface area contributed by atoms with Crippen molar-refractivity contribution in [1.82, 2.24) is 15.3 Å². The van der Waals surface area contributed by atoms with Crippen LogP contribution in [-0.4, -0.2) is 50.3 Å². The van der Waals surface area contributed by atoms with Crippen LogP contribution in [0, 0.1) is 5.92 Å². The SMILES string of the molecule is COc1cc(Nc2nccc(N3CCCC(C(=O)NCc4ccc(Oc5ccc(Cl)cc5)cc4)C3)n2)cc(OC)c1OC. The number of piperidine rings is 1. The lowest BCUT2D eigenvalue weighted by Crippen LogP contribution is -2.43. The van der Waals surface area contributed by atoms with E-state index in [-0.39, 0.29) is 11.8 Å². The third-order valence-corrected chi connectivity index (χ3v) is 7.37. The van der Waals surface area contributed by atoms with E-state index in [9.17, 15) is 4.79 Å². The molecule has 0 bridgehead atoms. The molecule has 1 atom stereocenters. The number of rotatable bonds is 11. The maximum Gasteiger partial charge on any atom is 0.229 e. The van der Waals surface area contributed by atoms with Gasteiger partial charge in [-0.3, -0.25) is 4.79 Å². The van der Waals surface area contributed by atoms with Crippen LogP contribution in [0.25, 0.3) is 0 Å².